The molecule has 0 aromatic rings. The summed E-state index contributed by atoms with van der Waals surface area (Å²) < 4.78 is 13.1. The van der Waals surface area contributed by atoms with E-state index < -0.39 is 13.7 Å². The number of aliphatic hydroxyl groups is 1. The van der Waals surface area contributed by atoms with Crippen molar-refractivity contribution in [2.24, 2.45) is 11.8 Å². The highest BCUT2D eigenvalue weighted by molar-refractivity contribution is 6.80. The van der Waals surface area contributed by atoms with Gasteiger partial charge < -0.3 is 29.3 Å². The second-order valence-corrected chi connectivity index (χ2v) is 22.2. The molecule has 0 unspecified atom stereocenters. The molecule has 0 aromatic heterocycles. The Hall–Kier alpha value is -1.75. The van der Waals surface area contributed by atoms with E-state index in [0.29, 0.717) is 48.9 Å². The predicted octanol–water partition coefficient (Wildman–Crippen LogP) is 5.63. The molecule has 4 aliphatic heterocycles. The fourth-order valence-electron chi connectivity index (χ4n) is 11.7. The lowest BCUT2D eigenvalue weighted by molar-refractivity contribution is -0.152. The molecule has 5 atom stereocenters. The fourth-order valence-corrected chi connectivity index (χ4v) is 16.7. The van der Waals surface area contributed by atoms with Crippen LogP contribution in [0.3, 0.4) is 0 Å². The number of fused-ring (bicyclic) bond motifs is 1. The molecule has 4 heterocycles. The van der Waals surface area contributed by atoms with Gasteiger partial charge in [-0.3, -0.25) is 14.4 Å². The van der Waals surface area contributed by atoms with E-state index in [1.54, 1.807) is 0 Å². The lowest BCUT2D eigenvalue weighted by Gasteiger charge is -2.45. The first-order chi connectivity index (χ1) is 23.1. The summed E-state index contributed by atoms with van der Waals surface area (Å²) in [5.41, 5.74) is 2.27. The van der Waals surface area contributed by atoms with Crippen LogP contribution in [0, 0.1) is 11.8 Å². The summed E-state index contributed by atoms with van der Waals surface area (Å²) >= 11 is 0. The Labute approximate surface area is 289 Å². The zero-order chi connectivity index (χ0) is 33.8. The van der Waals surface area contributed by atoms with Gasteiger partial charge >= 0.3 is 0 Å². The molecule has 9 nitrogen and oxygen atoms in total. The summed E-state index contributed by atoms with van der Waals surface area (Å²) in [7, 11) is -0.233. The molecule has 3 aliphatic carbocycles. The van der Waals surface area contributed by atoms with Crippen molar-refractivity contribution in [1.29, 1.82) is 0 Å². The van der Waals surface area contributed by atoms with E-state index in [9.17, 15) is 14.7 Å². The lowest BCUT2D eigenvalue weighted by atomic mass is 9.78. The number of hydrogen-bond donors (Lipinski definition) is 1. The number of hydrogen-bond acceptors (Lipinski definition) is 6. The van der Waals surface area contributed by atoms with Gasteiger partial charge in [0.15, 0.2) is 5.60 Å². The van der Waals surface area contributed by atoms with Crippen molar-refractivity contribution in [3.8, 4) is 0 Å². The molecule has 10 heteroatoms. The molecule has 3 saturated heterocycles. The van der Waals surface area contributed by atoms with Gasteiger partial charge in [-0.2, -0.15) is 0 Å². The van der Waals surface area contributed by atoms with Crippen molar-refractivity contribution in [2.45, 2.75) is 164 Å². The molecule has 5 fully saturated rings. The van der Waals surface area contributed by atoms with Gasteiger partial charge in [-0.05, 0) is 99.6 Å². The monoisotopic (exact) mass is 683 g/mol. The molecule has 48 heavy (non-hydrogen) atoms. The third-order valence-corrected chi connectivity index (χ3v) is 19.8. The van der Waals surface area contributed by atoms with Gasteiger partial charge in [-0.1, -0.05) is 32.9 Å². The minimum Gasteiger partial charge on any atom is -0.394 e. The van der Waals surface area contributed by atoms with E-state index in [4.69, 9.17) is 9.47 Å². The Morgan fingerprint density at radius 2 is 1.69 bits per heavy atom. The first-order valence-electron chi connectivity index (χ1n) is 19.5. The third kappa shape index (κ3) is 5.82. The van der Waals surface area contributed by atoms with Crippen molar-refractivity contribution in [2.75, 3.05) is 33.4 Å². The van der Waals surface area contributed by atoms with E-state index in [1.165, 1.54) is 11.3 Å². The van der Waals surface area contributed by atoms with Crippen LogP contribution >= 0.6 is 0 Å². The summed E-state index contributed by atoms with van der Waals surface area (Å²) in [6.07, 6.45) is 15.4. The number of rotatable bonds is 9. The maximum atomic E-state index is 15.1. The van der Waals surface area contributed by atoms with Crippen LogP contribution in [-0.2, 0) is 23.9 Å². The maximum Gasteiger partial charge on any atom is 0.263 e. The Morgan fingerprint density at radius 3 is 2.33 bits per heavy atom. The normalized spacial score (nSPS) is 39.1. The minimum absolute atomic E-state index is 0.00393. The number of nitrogens with zero attached hydrogens (tertiary/aromatic N) is 3. The summed E-state index contributed by atoms with van der Waals surface area (Å²) in [4.78, 5) is 47.4. The molecule has 1 spiro atoms. The number of ether oxygens (including phenoxy) is 2. The largest absolute Gasteiger partial charge is 0.394 e. The van der Waals surface area contributed by atoms with E-state index >= 15 is 4.79 Å². The Bertz CT molecular complexity index is 1270. The van der Waals surface area contributed by atoms with Crippen LogP contribution in [0.15, 0.2) is 11.3 Å². The molecular weight excluding hydrogens is 623 g/mol. The number of β-lactam (4-membered cyclic amide) rings is 1. The zero-order valence-electron chi connectivity index (χ0n) is 30.1. The number of allylic oxidation sites excluding steroid dienone is 1. The third-order valence-electron chi connectivity index (χ3n) is 14.5. The van der Waals surface area contributed by atoms with Crippen molar-refractivity contribution < 1.29 is 29.0 Å². The lowest BCUT2D eigenvalue weighted by Crippen LogP contribution is -2.52. The van der Waals surface area contributed by atoms with Crippen LogP contribution in [0.2, 0.25) is 24.2 Å². The molecule has 3 amide bonds. The first-order valence-corrected chi connectivity index (χ1v) is 22.7. The maximum absolute atomic E-state index is 15.1. The highest BCUT2D eigenvalue weighted by Gasteiger charge is 2.67. The standard InChI is InChI=1S/C38H61N3O6Si/c1-25-36(48(3,4)30-17-15-29(46-2)16-18-30)33(22-35(44)39-20-7-8-28(39)24-42)47-38(25)31-9-5-6-10-32(31)41(37(38)45)23-26-11-13-27(14-12-26)40-21-19-34(40)43/h25-30,33,36,42H,5-24H2,1-4H3/t25-,26?,27?,28-,29?,30?,33+,36-,38+/m0/s1. The number of amides is 3. The highest BCUT2D eigenvalue weighted by Crippen LogP contribution is 2.61. The van der Waals surface area contributed by atoms with Crippen LogP contribution in [-0.4, -0.2) is 109 Å². The molecule has 0 bridgehead atoms. The van der Waals surface area contributed by atoms with Gasteiger partial charge in [-0.25, -0.2) is 0 Å². The number of aliphatic hydroxyl groups excluding tert-OH is 1. The van der Waals surface area contributed by atoms with Crippen molar-refractivity contribution >= 4 is 25.8 Å². The second kappa shape index (κ2) is 13.8. The number of carbonyl (C=O) groups is 3. The number of carbonyl (C=O) groups excluding carboxylic acids is 3. The van der Waals surface area contributed by atoms with Gasteiger partial charge in [0.2, 0.25) is 11.8 Å². The van der Waals surface area contributed by atoms with Crippen LogP contribution in [0.5, 0.6) is 0 Å². The smallest absolute Gasteiger partial charge is 0.263 e. The van der Waals surface area contributed by atoms with Gasteiger partial charge in [0, 0.05) is 50.8 Å². The van der Waals surface area contributed by atoms with Crippen LogP contribution < -0.4 is 0 Å². The number of methoxy groups -OCH3 is 1. The van der Waals surface area contributed by atoms with Gasteiger partial charge in [-0.15, -0.1) is 0 Å². The average Bonchev–Trinajstić information content (AvgIpc) is 3.75. The fraction of sp³-hybridized carbons (Fsp3) is 0.868. The molecule has 7 rings (SSSR count). The molecule has 0 aromatic carbocycles. The van der Waals surface area contributed by atoms with Gasteiger partial charge in [0.05, 0.1) is 39.4 Å². The SMILES string of the molecule is COC1CCC([Si](C)(C)[C@@H]2[C@@H](CC(=O)N3CCC[C@H]3CO)O[C@]3(C(=O)N(CC4CCC(N5CCC5=O)CC4)C4=C3CCCC4)[C@H]2C)CC1. The molecule has 268 valence electrons. The summed E-state index contributed by atoms with van der Waals surface area (Å²) in [6.45, 7) is 9.69. The van der Waals surface area contributed by atoms with Crippen molar-refractivity contribution in [3.05, 3.63) is 11.3 Å². The topological polar surface area (TPSA) is 99.6 Å². The van der Waals surface area contributed by atoms with Gasteiger partial charge in [0.25, 0.3) is 5.91 Å². The zero-order valence-corrected chi connectivity index (χ0v) is 31.1. The van der Waals surface area contributed by atoms with Crippen LogP contribution in [0.1, 0.15) is 110 Å². The summed E-state index contributed by atoms with van der Waals surface area (Å²) in [5.74, 6) is 0.972. The van der Waals surface area contributed by atoms with E-state index in [-0.39, 0.29) is 42.0 Å². The minimum atomic E-state index is -2.06. The summed E-state index contributed by atoms with van der Waals surface area (Å²) in [5, 5.41) is 10.0. The van der Waals surface area contributed by atoms with E-state index in [2.05, 4.69) is 29.8 Å². The molecule has 1 N–H and O–H groups in total. The Morgan fingerprint density at radius 1 is 0.958 bits per heavy atom. The van der Waals surface area contributed by atoms with Crippen molar-refractivity contribution in [1.82, 2.24) is 14.7 Å². The average molecular weight is 684 g/mol. The molecule has 7 aliphatic rings. The van der Waals surface area contributed by atoms with Gasteiger partial charge in [0.1, 0.15) is 0 Å². The Balaban J connectivity index is 1.16. The van der Waals surface area contributed by atoms with E-state index in [1.807, 2.05) is 12.0 Å². The van der Waals surface area contributed by atoms with Crippen LogP contribution in [0.25, 0.3) is 0 Å². The molecule has 2 saturated carbocycles. The van der Waals surface area contributed by atoms with Crippen LogP contribution in [0.4, 0.5) is 0 Å². The highest BCUT2D eigenvalue weighted by atomic mass is 28.3. The molecule has 0 radical (unpaired) electrons. The van der Waals surface area contributed by atoms with E-state index in [0.717, 1.165) is 103 Å². The quantitative estimate of drug-likeness (QED) is 0.250. The summed E-state index contributed by atoms with van der Waals surface area (Å²) in [6, 6.07) is 0.265. The Kier molecular flexibility index (Phi) is 9.94. The number of likely N-dealkylation sites (tertiary alicyclic amines) is 2. The first kappa shape index (κ1) is 34.7. The molecular formula is C38H61N3O6Si. The van der Waals surface area contributed by atoms with Crippen molar-refractivity contribution in [3.63, 3.8) is 0 Å². The predicted molar refractivity (Wildman–Crippen MR) is 187 cm³/mol. The second-order valence-electron chi connectivity index (χ2n) is 17.1.